The third-order valence-corrected chi connectivity index (χ3v) is 4.33. The number of guanidine groups is 1. The van der Waals surface area contributed by atoms with Gasteiger partial charge in [0.25, 0.3) is 0 Å². The molecule has 0 radical (unpaired) electrons. The van der Waals surface area contributed by atoms with Crippen LogP contribution in [0.25, 0.3) is 11.0 Å². The van der Waals surface area contributed by atoms with Gasteiger partial charge in [-0.2, -0.15) is 0 Å². The van der Waals surface area contributed by atoms with Crippen LogP contribution in [0.5, 0.6) is 0 Å². The second-order valence-electron chi connectivity index (χ2n) is 6.79. The number of halogens is 1. The molecule has 0 spiro atoms. The zero-order chi connectivity index (χ0) is 19.9. The summed E-state index contributed by atoms with van der Waals surface area (Å²) in [6.45, 7) is 1.27. The predicted octanol–water partition coefficient (Wildman–Crippen LogP) is 3.35. The number of hydrogen-bond acceptors (Lipinski definition) is 4. The first kappa shape index (κ1) is 22.8. The Labute approximate surface area is 187 Å². The fourth-order valence-electron chi connectivity index (χ4n) is 2.77. The molecule has 3 rings (SSSR count). The van der Waals surface area contributed by atoms with Gasteiger partial charge in [-0.1, -0.05) is 18.2 Å². The summed E-state index contributed by atoms with van der Waals surface area (Å²) in [5.41, 5.74) is 0.859. The van der Waals surface area contributed by atoms with Crippen LogP contribution >= 0.6 is 24.0 Å². The van der Waals surface area contributed by atoms with Gasteiger partial charge in [0.1, 0.15) is 23.6 Å². The molecule has 0 saturated carbocycles. The van der Waals surface area contributed by atoms with Gasteiger partial charge in [-0.15, -0.1) is 24.0 Å². The first-order valence-electron chi connectivity index (χ1n) is 9.22. The summed E-state index contributed by atoms with van der Waals surface area (Å²) < 4.78 is 11.3. The summed E-state index contributed by atoms with van der Waals surface area (Å²) >= 11 is 0. The van der Waals surface area contributed by atoms with Gasteiger partial charge >= 0.3 is 0 Å². The highest BCUT2D eigenvalue weighted by Crippen LogP contribution is 2.19. The Kier molecular flexibility index (Phi) is 8.56. The molecule has 0 aliphatic heterocycles. The Hall–Kier alpha value is -2.49. The minimum Gasteiger partial charge on any atom is -0.469 e. The number of rotatable bonds is 7. The first-order valence-corrected chi connectivity index (χ1v) is 9.22. The van der Waals surface area contributed by atoms with Crippen LogP contribution in [-0.4, -0.2) is 55.9 Å². The van der Waals surface area contributed by atoms with E-state index in [1.165, 1.54) is 4.90 Å². The molecule has 8 heteroatoms. The van der Waals surface area contributed by atoms with Crippen molar-refractivity contribution in [2.24, 2.45) is 4.99 Å². The predicted molar refractivity (Wildman–Crippen MR) is 125 cm³/mol. The molecule has 0 aliphatic carbocycles. The largest absolute Gasteiger partial charge is 0.469 e. The quantitative estimate of drug-likeness (QED) is 0.300. The Morgan fingerprint density at radius 3 is 2.59 bits per heavy atom. The van der Waals surface area contributed by atoms with Crippen molar-refractivity contribution in [1.82, 2.24) is 15.1 Å². The van der Waals surface area contributed by atoms with E-state index < -0.39 is 0 Å². The number of fused-ring (bicyclic) bond motifs is 1. The normalized spacial score (nSPS) is 11.2. The number of amides is 1. The Balaban J connectivity index is 0.00000300. The summed E-state index contributed by atoms with van der Waals surface area (Å²) in [5, 5.41) is 4.38. The van der Waals surface area contributed by atoms with Crippen LogP contribution in [0.3, 0.4) is 0 Å². The molecule has 29 heavy (non-hydrogen) atoms. The molecule has 0 fully saturated rings. The van der Waals surface area contributed by atoms with E-state index in [0.29, 0.717) is 19.0 Å². The van der Waals surface area contributed by atoms with Crippen LogP contribution in [0.1, 0.15) is 11.5 Å². The molecule has 1 amide bonds. The second kappa shape index (κ2) is 10.9. The first-order chi connectivity index (χ1) is 13.5. The molecule has 0 saturated heterocycles. The maximum absolute atomic E-state index is 11.9. The number of nitrogens with zero attached hydrogens (tertiary/aromatic N) is 3. The Morgan fingerprint density at radius 2 is 1.90 bits per heavy atom. The molecule has 2 heterocycles. The van der Waals surface area contributed by atoms with E-state index in [0.717, 1.165) is 28.9 Å². The van der Waals surface area contributed by atoms with Crippen molar-refractivity contribution in [2.45, 2.75) is 13.0 Å². The molecular formula is C21H27IN4O3. The van der Waals surface area contributed by atoms with Crippen LogP contribution in [0.15, 0.2) is 62.6 Å². The van der Waals surface area contributed by atoms with Crippen LogP contribution in [0.2, 0.25) is 0 Å². The minimum atomic E-state index is -0.0533. The van der Waals surface area contributed by atoms with Gasteiger partial charge in [0, 0.05) is 39.5 Å². The van der Waals surface area contributed by atoms with Gasteiger partial charge in [0.2, 0.25) is 5.91 Å². The van der Waals surface area contributed by atoms with Gasteiger partial charge in [-0.3, -0.25) is 4.79 Å². The van der Waals surface area contributed by atoms with Gasteiger partial charge in [0.05, 0.1) is 12.8 Å². The zero-order valence-electron chi connectivity index (χ0n) is 16.9. The Bertz CT molecular complexity index is 901. The monoisotopic (exact) mass is 510 g/mol. The number of furan rings is 2. The standard InChI is InChI=1S/C21H26N4O3.HI/c1-24(2)20(26)14-23-21(22-11-10-17-8-6-12-27-17)25(3)15-18-13-16-7-4-5-9-19(16)28-18;/h4-9,12-13H,10-11,14-15H2,1-3H3,(H,22,23);1H. The van der Waals surface area contributed by atoms with Crippen molar-refractivity contribution in [2.75, 3.05) is 34.2 Å². The highest BCUT2D eigenvalue weighted by atomic mass is 127. The number of carbonyl (C=O) groups is 1. The number of likely N-dealkylation sites (N-methyl/N-ethyl adjacent to an activating group) is 1. The van der Waals surface area contributed by atoms with E-state index in [1.54, 1.807) is 20.4 Å². The van der Waals surface area contributed by atoms with Gasteiger partial charge in [0.15, 0.2) is 5.96 Å². The fourth-order valence-corrected chi connectivity index (χ4v) is 2.77. The number of para-hydroxylation sites is 1. The molecule has 0 atom stereocenters. The third-order valence-electron chi connectivity index (χ3n) is 4.33. The number of carbonyl (C=O) groups excluding carboxylic acids is 1. The molecule has 0 aliphatic rings. The van der Waals surface area contributed by atoms with Gasteiger partial charge in [-0.25, -0.2) is 4.99 Å². The number of hydrogen-bond donors (Lipinski definition) is 1. The van der Waals surface area contributed by atoms with E-state index >= 15 is 0 Å². The van der Waals surface area contributed by atoms with Crippen molar-refractivity contribution in [3.05, 3.63) is 60.2 Å². The van der Waals surface area contributed by atoms with E-state index in [9.17, 15) is 4.79 Å². The second-order valence-corrected chi connectivity index (χ2v) is 6.79. The summed E-state index contributed by atoms with van der Waals surface area (Å²) in [7, 11) is 5.37. The van der Waals surface area contributed by atoms with Crippen molar-refractivity contribution < 1.29 is 13.6 Å². The third kappa shape index (κ3) is 6.52. The van der Waals surface area contributed by atoms with Crippen molar-refractivity contribution in [3.63, 3.8) is 0 Å². The van der Waals surface area contributed by atoms with E-state index in [1.807, 2.05) is 54.4 Å². The van der Waals surface area contributed by atoms with Crippen molar-refractivity contribution >= 4 is 46.8 Å². The minimum absolute atomic E-state index is 0. The maximum atomic E-state index is 11.9. The molecule has 0 unspecified atom stereocenters. The van der Waals surface area contributed by atoms with Crippen LogP contribution in [0.4, 0.5) is 0 Å². The number of benzene rings is 1. The molecule has 7 nitrogen and oxygen atoms in total. The SMILES string of the molecule is CN(C)C(=O)CN=C(NCCc1ccco1)N(C)Cc1cc2ccccc2o1.I. The summed E-state index contributed by atoms with van der Waals surface area (Å²) in [5.74, 6) is 2.32. The van der Waals surface area contributed by atoms with Crippen LogP contribution in [0, 0.1) is 0 Å². The molecule has 1 aromatic carbocycles. The average molecular weight is 510 g/mol. The molecule has 3 aromatic rings. The lowest BCUT2D eigenvalue weighted by Crippen LogP contribution is -2.40. The van der Waals surface area contributed by atoms with Gasteiger partial charge in [-0.05, 0) is 24.3 Å². The summed E-state index contributed by atoms with van der Waals surface area (Å²) in [6, 6.07) is 13.7. The smallest absolute Gasteiger partial charge is 0.243 e. The molecular weight excluding hydrogens is 483 g/mol. The molecule has 0 bridgehead atoms. The van der Waals surface area contributed by atoms with E-state index in [4.69, 9.17) is 8.83 Å². The van der Waals surface area contributed by atoms with Gasteiger partial charge < -0.3 is 24.0 Å². The lowest BCUT2D eigenvalue weighted by molar-refractivity contribution is -0.127. The van der Waals surface area contributed by atoms with Crippen LogP contribution < -0.4 is 5.32 Å². The molecule has 1 N–H and O–H groups in total. The molecule has 2 aromatic heterocycles. The summed E-state index contributed by atoms with van der Waals surface area (Å²) in [4.78, 5) is 19.9. The van der Waals surface area contributed by atoms with E-state index in [2.05, 4.69) is 10.3 Å². The van der Waals surface area contributed by atoms with E-state index in [-0.39, 0.29) is 36.4 Å². The fraction of sp³-hybridized carbons (Fsp3) is 0.333. The number of nitrogens with one attached hydrogen (secondary N) is 1. The lowest BCUT2D eigenvalue weighted by Gasteiger charge is -2.21. The maximum Gasteiger partial charge on any atom is 0.243 e. The number of aliphatic imine (C=N–C) groups is 1. The average Bonchev–Trinajstić information content (AvgIpc) is 3.32. The lowest BCUT2D eigenvalue weighted by atomic mass is 10.2. The summed E-state index contributed by atoms with van der Waals surface area (Å²) in [6.07, 6.45) is 2.39. The highest BCUT2D eigenvalue weighted by Gasteiger charge is 2.12. The van der Waals surface area contributed by atoms with Crippen molar-refractivity contribution in [3.8, 4) is 0 Å². The Morgan fingerprint density at radius 1 is 1.10 bits per heavy atom. The molecule has 156 valence electrons. The highest BCUT2D eigenvalue weighted by molar-refractivity contribution is 14.0. The topological polar surface area (TPSA) is 74.2 Å². The van der Waals surface area contributed by atoms with Crippen LogP contribution in [-0.2, 0) is 17.8 Å². The van der Waals surface area contributed by atoms with Crippen molar-refractivity contribution in [1.29, 1.82) is 0 Å². The zero-order valence-corrected chi connectivity index (χ0v) is 19.3.